The molecule has 0 radical (unpaired) electrons. The third-order valence-electron chi connectivity index (χ3n) is 3.37. The normalized spacial score (nSPS) is 27.3. The van der Waals surface area contributed by atoms with Crippen molar-refractivity contribution in [3.05, 3.63) is 0 Å². The number of hydrogen-bond donors (Lipinski definition) is 4. The Bertz CT molecular complexity index is 182. The minimum atomic E-state index is 0.323. The third kappa shape index (κ3) is 7.31. The zero-order chi connectivity index (χ0) is 13.5. The van der Waals surface area contributed by atoms with Crippen LogP contribution in [0.4, 0.5) is 0 Å². The van der Waals surface area contributed by atoms with Crippen LogP contribution in [0.15, 0.2) is 0 Å². The average Bonchev–Trinajstić information content (AvgIpc) is 2.27. The zero-order valence-electron chi connectivity index (χ0n) is 12.7. The minimum Gasteiger partial charge on any atom is -0.315 e. The summed E-state index contributed by atoms with van der Waals surface area (Å²) in [6.45, 7) is 17.7. The van der Waals surface area contributed by atoms with Gasteiger partial charge >= 0.3 is 0 Å². The van der Waals surface area contributed by atoms with E-state index >= 15 is 0 Å². The summed E-state index contributed by atoms with van der Waals surface area (Å²) < 4.78 is 0. The van der Waals surface area contributed by atoms with Crippen molar-refractivity contribution in [2.75, 3.05) is 52.4 Å². The molecule has 1 rings (SSSR count). The second-order valence-electron chi connectivity index (χ2n) is 7.04. The van der Waals surface area contributed by atoms with E-state index in [-0.39, 0.29) is 0 Å². The molecule has 1 aliphatic heterocycles. The lowest BCUT2D eigenvalue weighted by Gasteiger charge is -2.28. The van der Waals surface area contributed by atoms with E-state index in [9.17, 15) is 0 Å². The van der Waals surface area contributed by atoms with Gasteiger partial charge in [0, 0.05) is 52.4 Å². The Balaban J connectivity index is 2.36. The molecule has 4 nitrogen and oxygen atoms in total. The predicted molar refractivity (Wildman–Crippen MR) is 79.0 cm³/mol. The maximum atomic E-state index is 3.54. The summed E-state index contributed by atoms with van der Waals surface area (Å²) in [5.74, 6) is 0. The number of rotatable bonds is 0. The molecule has 0 aliphatic carbocycles. The summed E-state index contributed by atoms with van der Waals surface area (Å²) in [5.41, 5.74) is 0.646. The number of nitrogens with one attached hydrogen (secondary N) is 4. The number of hydrogen-bond acceptors (Lipinski definition) is 4. The first-order chi connectivity index (χ1) is 8.41. The van der Waals surface area contributed by atoms with Crippen LogP contribution in [0.1, 0.15) is 27.7 Å². The van der Waals surface area contributed by atoms with Crippen LogP contribution in [-0.4, -0.2) is 52.4 Å². The van der Waals surface area contributed by atoms with Crippen molar-refractivity contribution in [1.29, 1.82) is 0 Å². The molecular formula is C14H32N4. The van der Waals surface area contributed by atoms with Crippen LogP contribution in [0, 0.1) is 10.8 Å². The van der Waals surface area contributed by atoms with Gasteiger partial charge in [-0.2, -0.15) is 0 Å². The summed E-state index contributed by atoms with van der Waals surface area (Å²) >= 11 is 0. The molecular weight excluding hydrogens is 224 g/mol. The highest BCUT2D eigenvalue weighted by Gasteiger charge is 2.18. The van der Waals surface area contributed by atoms with Crippen molar-refractivity contribution >= 4 is 0 Å². The third-order valence-corrected chi connectivity index (χ3v) is 3.37. The van der Waals surface area contributed by atoms with Gasteiger partial charge in [-0.1, -0.05) is 27.7 Å². The summed E-state index contributed by atoms with van der Waals surface area (Å²) in [4.78, 5) is 0. The molecule has 1 heterocycles. The van der Waals surface area contributed by atoms with E-state index in [0.717, 1.165) is 52.4 Å². The van der Waals surface area contributed by atoms with Gasteiger partial charge in [0.25, 0.3) is 0 Å². The van der Waals surface area contributed by atoms with E-state index < -0.39 is 0 Å². The Hall–Kier alpha value is -0.160. The van der Waals surface area contributed by atoms with Crippen LogP contribution in [0.2, 0.25) is 0 Å². The molecule has 0 aromatic carbocycles. The highest BCUT2D eigenvalue weighted by molar-refractivity contribution is 4.78. The van der Waals surface area contributed by atoms with Crippen LogP contribution in [0.5, 0.6) is 0 Å². The van der Waals surface area contributed by atoms with E-state index in [1.807, 2.05) is 0 Å². The first-order valence-corrected chi connectivity index (χ1v) is 7.24. The SMILES string of the molecule is CC1(C)CNCCNCC(C)(C)CNCCNC1. The highest BCUT2D eigenvalue weighted by Crippen LogP contribution is 2.12. The van der Waals surface area contributed by atoms with Gasteiger partial charge in [-0.15, -0.1) is 0 Å². The maximum Gasteiger partial charge on any atom is 0.00769 e. The minimum absolute atomic E-state index is 0.323. The summed E-state index contributed by atoms with van der Waals surface area (Å²) in [6.07, 6.45) is 0. The molecule has 0 atom stereocenters. The summed E-state index contributed by atoms with van der Waals surface area (Å²) in [5, 5.41) is 14.2. The lowest BCUT2D eigenvalue weighted by atomic mass is 9.92. The summed E-state index contributed by atoms with van der Waals surface area (Å²) in [7, 11) is 0. The van der Waals surface area contributed by atoms with Gasteiger partial charge < -0.3 is 21.3 Å². The van der Waals surface area contributed by atoms with Crippen molar-refractivity contribution in [2.24, 2.45) is 10.8 Å². The Morgan fingerprint density at radius 1 is 0.500 bits per heavy atom. The second-order valence-corrected chi connectivity index (χ2v) is 7.04. The molecule has 1 aliphatic rings. The van der Waals surface area contributed by atoms with Gasteiger partial charge in [0.15, 0.2) is 0 Å². The molecule has 0 saturated carbocycles. The van der Waals surface area contributed by atoms with Gasteiger partial charge in [0.05, 0.1) is 0 Å². The molecule has 0 unspecified atom stereocenters. The van der Waals surface area contributed by atoms with Crippen LogP contribution in [0.25, 0.3) is 0 Å². The molecule has 108 valence electrons. The Kier molecular flexibility index (Phi) is 6.57. The molecule has 0 aromatic heterocycles. The molecule has 0 aromatic rings. The van der Waals surface area contributed by atoms with Crippen molar-refractivity contribution in [2.45, 2.75) is 27.7 Å². The highest BCUT2D eigenvalue weighted by atomic mass is 15.0. The Morgan fingerprint density at radius 2 is 0.722 bits per heavy atom. The van der Waals surface area contributed by atoms with Crippen molar-refractivity contribution in [3.8, 4) is 0 Å². The summed E-state index contributed by atoms with van der Waals surface area (Å²) in [6, 6.07) is 0. The topological polar surface area (TPSA) is 48.1 Å². The van der Waals surface area contributed by atoms with E-state index in [4.69, 9.17) is 0 Å². The van der Waals surface area contributed by atoms with Crippen LogP contribution in [0.3, 0.4) is 0 Å². The fraction of sp³-hybridized carbons (Fsp3) is 1.00. The molecule has 1 saturated heterocycles. The second kappa shape index (κ2) is 7.43. The van der Waals surface area contributed by atoms with E-state index in [2.05, 4.69) is 49.0 Å². The van der Waals surface area contributed by atoms with Gasteiger partial charge in [0.1, 0.15) is 0 Å². The lowest BCUT2D eigenvalue weighted by molar-refractivity contribution is 0.295. The molecule has 4 heteroatoms. The van der Waals surface area contributed by atoms with E-state index in [0.29, 0.717) is 10.8 Å². The molecule has 1 fully saturated rings. The van der Waals surface area contributed by atoms with Crippen molar-refractivity contribution < 1.29 is 0 Å². The fourth-order valence-corrected chi connectivity index (χ4v) is 2.19. The van der Waals surface area contributed by atoms with Gasteiger partial charge in [-0.25, -0.2) is 0 Å². The molecule has 18 heavy (non-hydrogen) atoms. The van der Waals surface area contributed by atoms with Crippen molar-refractivity contribution in [1.82, 2.24) is 21.3 Å². The fourth-order valence-electron chi connectivity index (χ4n) is 2.19. The van der Waals surface area contributed by atoms with E-state index in [1.54, 1.807) is 0 Å². The van der Waals surface area contributed by atoms with Gasteiger partial charge in [-0.05, 0) is 10.8 Å². The predicted octanol–water partition coefficient (Wildman–Crippen LogP) is 0.411. The smallest absolute Gasteiger partial charge is 0.00769 e. The maximum absolute atomic E-state index is 3.54. The van der Waals surface area contributed by atoms with Crippen LogP contribution >= 0.6 is 0 Å². The molecule has 0 spiro atoms. The average molecular weight is 256 g/mol. The molecule has 0 amide bonds. The first-order valence-electron chi connectivity index (χ1n) is 7.24. The van der Waals surface area contributed by atoms with Gasteiger partial charge in [-0.3, -0.25) is 0 Å². The van der Waals surface area contributed by atoms with Crippen molar-refractivity contribution in [3.63, 3.8) is 0 Å². The largest absolute Gasteiger partial charge is 0.315 e. The van der Waals surface area contributed by atoms with Crippen LogP contribution in [-0.2, 0) is 0 Å². The zero-order valence-corrected chi connectivity index (χ0v) is 12.7. The lowest BCUT2D eigenvalue weighted by Crippen LogP contribution is -2.45. The molecule has 4 N–H and O–H groups in total. The van der Waals surface area contributed by atoms with Gasteiger partial charge in [0.2, 0.25) is 0 Å². The standard InChI is InChI=1S/C14H32N4/c1-13(2)9-15-5-7-17-11-14(3,4)12-18-8-6-16-10-13/h15-18H,5-12H2,1-4H3. The Labute approximate surface area is 113 Å². The quantitative estimate of drug-likeness (QED) is 0.507. The van der Waals surface area contributed by atoms with E-state index in [1.165, 1.54) is 0 Å². The monoisotopic (exact) mass is 256 g/mol. The van der Waals surface area contributed by atoms with Crippen LogP contribution < -0.4 is 21.3 Å². The first kappa shape index (κ1) is 15.9. The molecule has 0 bridgehead atoms. The Morgan fingerprint density at radius 3 is 0.944 bits per heavy atom.